The topological polar surface area (TPSA) is 50.7 Å². The van der Waals surface area contributed by atoms with Crippen LogP contribution < -0.4 is 10.2 Å². The number of hydrogen-bond donors (Lipinski definition) is 1. The van der Waals surface area contributed by atoms with Crippen molar-refractivity contribution in [3.8, 4) is 5.75 Å². The maximum Gasteiger partial charge on any atom is 0.118 e. The lowest BCUT2D eigenvalue weighted by molar-refractivity contribution is 0.414. The van der Waals surface area contributed by atoms with E-state index in [4.69, 9.17) is 9.84 Å². The van der Waals surface area contributed by atoms with E-state index in [2.05, 4.69) is 24.5 Å². The molecule has 0 radical (unpaired) electrons. The Bertz CT molecular complexity index is 1020. The third kappa shape index (κ3) is 4.31. The molecule has 1 aliphatic heterocycles. The van der Waals surface area contributed by atoms with E-state index in [1.54, 1.807) is 7.11 Å². The van der Waals surface area contributed by atoms with Gasteiger partial charge in [0.15, 0.2) is 0 Å². The SMILES string of the molecule is COc1ccc(C2C/C(=N\Nc3ccccc3)C(C)C(c3ccccc3)S2=O)cc1. The molecule has 0 aliphatic carbocycles. The van der Waals surface area contributed by atoms with Crippen LogP contribution in [-0.2, 0) is 10.8 Å². The molecule has 154 valence electrons. The third-order valence-corrected chi connectivity index (χ3v) is 7.80. The first kappa shape index (κ1) is 20.4. The van der Waals surface area contributed by atoms with Gasteiger partial charge < -0.3 is 4.74 Å². The van der Waals surface area contributed by atoms with Gasteiger partial charge in [-0.25, -0.2) is 0 Å². The maximum atomic E-state index is 13.7. The van der Waals surface area contributed by atoms with Crippen molar-refractivity contribution in [1.29, 1.82) is 0 Å². The summed E-state index contributed by atoms with van der Waals surface area (Å²) in [7, 11) is 0.579. The summed E-state index contributed by atoms with van der Waals surface area (Å²) in [6, 6.07) is 28.0. The van der Waals surface area contributed by atoms with Gasteiger partial charge in [-0.1, -0.05) is 67.6 Å². The summed E-state index contributed by atoms with van der Waals surface area (Å²) in [5.74, 6) is 0.867. The Morgan fingerprint density at radius 3 is 2.17 bits per heavy atom. The van der Waals surface area contributed by atoms with Gasteiger partial charge in [-0.3, -0.25) is 9.63 Å². The Labute approximate surface area is 180 Å². The second-order valence-corrected chi connectivity index (χ2v) is 9.23. The van der Waals surface area contributed by atoms with Crippen LogP contribution in [0.15, 0.2) is 90.0 Å². The summed E-state index contributed by atoms with van der Waals surface area (Å²) < 4.78 is 19.0. The van der Waals surface area contributed by atoms with Crippen LogP contribution in [0.2, 0.25) is 0 Å². The standard InChI is InChI=1S/C25H26N2O2S/c1-18-23(27-26-21-11-7-4-8-12-21)17-24(19-13-15-22(29-2)16-14-19)30(28)25(18)20-9-5-3-6-10-20/h3-16,18,24-26H,17H2,1-2H3/b27-23+. The number of rotatable bonds is 5. The Morgan fingerprint density at radius 1 is 0.900 bits per heavy atom. The highest BCUT2D eigenvalue weighted by Gasteiger charge is 2.40. The highest BCUT2D eigenvalue weighted by atomic mass is 32.2. The molecule has 1 heterocycles. The van der Waals surface area contributed by atoms with Crippen molar-refractivity contribution in [2.75, 3.05) is 12.5 Å². The number of benzene rings is 3. The number of nitrogens with one attached hydrogen (secondary N) is 1. The molecular formula is C25H26N2O2S. The van der Waals surface area contributed by atoms with E-state index in [-0.39, 0.29) is 16.4 Å². The van der Waals surface area contributed by atoms with Crippen LogP contribution in [0.25, 0.3) is 0 Å². The molecule has 0 aromatic heterocycles. The summed E-state index contributed by atoms with van der Waals surface area (Å²) >= 11 is 0. The summed E-state index contributed by atoms with van der Waals surface area (Å²) in [6.07, 6.45) is 0.656. The number of hydrazone groups is 1. The van der Waals surface area contributed by atoms with Crippen LogP contribution in [-0.4, -0.2) is 17.0 Å². The van der Waals surface area contributed by atoms with Crippen molar-refractivity contribution >= 4 is 22.2 Å². The van der Waals surface area contributed by atoms with Crippen molar-refractivity contribution in [3.05, 3.63) is 96.1 Å². The van der Waals surface area contributed by atoms with E-state index >= 15 is 0 Å². The van der Waals surface area contributed by atoms with E-state index in [9.17, 15) is 4.21 Å². The Hall–Kier alpha value is -2.92. The Kier molecular flexibility index (Phi) is 6.29. The molecule has 1 N–H and O–H groups in total. The number of para-hydroxylation sites is 1. The number of methoxy groups -OCH3 is 1. The first-order valence-corrected chi connectivity index (χ1v) is 11.4. The van der Waals surface area contributed by atoms with E-state index < -0.39 is 10.8 Å². The molecule has 3 aromatic rings. The zero-order chi connectivity index (χ0) is 20.9. The number of hydrogen-bond acceptors (Lipinski definition) is 4. The number of nitrogens with zero attached hydrogens (tertiary/aromatic N) is 1. The second-order valence-electron chi connectivity index (χ2n) is 7.50. The molecule has 0 amide bonds. The van der Waals surface area contributed by atoms with E-state index in [1.807, 2.05) is 72.8 Å². The van der Waals surface area contributed by atoms with Crippen molar-refractivity contribution < 1.29 is 8.95 Å². The molecule has 1 aliphatic rings. The van der Waals surface area contributed by atoms with E-state index in [1.165, 1.54) is 0 Å². The van der Waals surface area contributed by atoms with Gasteiger partial charge in [0, 0.05) is 28.8 Å². The highest BCUT2D eigenvalue weighted by molar-refractivity contribution is 7.85. The predicted octanol–water partition coefficient (Wildman–Crippen LogP) is 5.73. The van der Waals surface area contributed by atoms with Gasteiger partial charge in [0.2, 0.25) is 0 Å². The minimum atomic E-state index is -1.07. The molecule has 3 aromatic carbocycles. The van der Waals surface area contributed by atoms with Crippen molar-refractivity contribution in [2.45, 2.75) is 23.8 Å². The van der Waals surface area contributed by atoms with Crippen molar-refractivity contribution in [3.63, 3.8) is 0 Å². The summed E-state index contributed by atoms with van der Waals surface area (Å²) in [5.41, 5.74) is 7.31. The van der Waals surface area contributed by atoms with Gasteiger partial charge in [-0.05, 0) is 35.4 Å². The number of anilines is 1. The monoisotopic (exact) mass is 418 g/mol. The summed E-state index contributed by atoms with van der Waals surface area (Å²) in [4.78, 5) is 0. The maximum absolute atomic E-state index is 13.7. The average molecular weight is 419 g/mol. The molecule has 1 saturated heterocycles. The molecule has 0 bridgehead atoms. The molecular weight excluding hydrogens is 392 g/mol. The first-order chi connectivity index (χ1) is 14.7. The predicted molar refractivity (Wildman–Crippen MR) is 124 cm³/mol. The Balaban J connectivity index is 1.70. The van der Waals surface area contributed by atoms with Crippen molar-refractivity contribution in [1.82, 2.24) is 0 Å². The fourth-order valence-electron chi connectivity index (χ4n) is 3.94. The lowest BCUT2D eigenvalue weighted by Gasteiger charge is -2.35. The van der Waals surface area contributed by atoms with Crippen LogP contribution in [0, 0.1) is 5.92 Å². The highest BCUT2D eigenvalue weighted by Crippen LogP contribution is 2.44. The van der Waals surface area contributed by atoms with Gasteiger partial charge in [0.05, 0.1) is 23.3 Å². The zero-order valence-corrected chi connectivity index (χ0v) is 18.0. The normalized spacial score (nSPS) is 25.1. The number of ether oxygens (including phenoxy) is 1. The fraction of sp³-hybridized carbons (Fsp3) is 0.240. The molecule has 0 saturated carbocycles. The Morgan fingerprint density at radius 2 is 1.53 bits per heavy atom. The molecule has 0 spiro atoms. The van der Waals surface area contributed by atoms with Crippen molar-refractivity contribution in [2.24, 2.45) is 11.0 Å². The molecule has 4 nitrogen and oxygen atoms in total. The van der Waals surface area contributed by atoms with Crippen LogP contribution in [0.3, 0.4) is 0 Å². The largest absolute Gasteiger partial charge is 0.497 e. The average Bonchev–Trinajstić information content (AvgIpc) is 2.80. The summed E-state index contributed by atoms with van der Waals surface area (Å²) in [5, 5.41) is 4.54. The van der Waals surface area contributed by atoms with E-state index in [0.29, 0.717) is 6.42 Å². The van der Waals surface area contributed by atoms with E-state index in [0.717, 1.165) is 28.3 Å². The molecule has 1 fully saturated rings. The lowest BCUT2D eigenvalue weighted by Crippen LogP contribution is -2.34. The molecule has 4 unspecified atom stereocenters. The first-order valence-electron chi connectivity index (χ1n) is 10.1. The minimum Gasteiger partial charge on any atom is -0.497 e. The van der Waals surface area contributed by atoms with Gasteiger partial charge in [0.25, 0.3) is 0 Å². The van der Waals surface area contributed by atoms with Gasteiger partial charge >= 0.3 is 0 Å². The molecule has 5 heteroatoms. The zero-order valence-electron chi connectivity index (χ0n) is 17.2. The second kappa shape index (κ2) is 9.26. The van der Waals surface area contributed by atoms with Crippen LogP contribution >= 0.6 is 0 Å². The molecule has 4 atom stereocenters. The van der Waals surface area contributed by atoms with Crippen LogP contribution in [0.4, 0.5) is 5.69 Å². The van der Waals surface area contributed by atoms with Gasteiger partial charge in [-0.2, -0.15) is 5.10 Å². The molecule has 4 rings (SSSR count). The van der Waals surface area contributed by atoms with Crippen LogP contribution in [0.1, 0.15) is 35.0 Å². The van der Waals surface area contributed by atoms with Gasteiger partial charge in [-0.15, -0.1) is 0 Å². The fourth-order valence-corrected chi connectivity index (χ4v) is 6.04. The lowest BCUT2D eigenvalue weighted by atomic mass is 9.91. The molecule has 30 heavy (non-hydrogen) atoms. The van der Waals surface area contributed by atoms with Gasteiger partial charge in [0.1, 0.15) is 5.75 Å². The minimum absolute atomic E-state index is 0.0685. The third-order valence-electron chi connectivity index (χ3n) is 5.62. The smallest absolute Gasteiger partial charge is 0.118 e. The van der Waals surface area contributed by atoms with Crippen LogP contribution in [0.5, 0.6) is 5.75 Å². The quantitative estimate of drug-likeness (QED) is 0.538. The summed E-state index contributed by atoms with van der Waals surface area (Å²) in [6.45, 7) is 2.13.